The van der Waals surface area contributed by atoms with Crippen molar-refractivity contribution in [2.45, 2.75) is 71.8 Å². The van der Waals surface area contributed by atoms with Crippen LogP contribution >= 0.6 is 0 Å². The lowest BCUT2D eigenvalue weighted by molar-refractivity contribution is -0.122. The highest BCUT2D eigenvalue weighted by atomic mass is 32.2. The number of fused-ring (bicyclic) bond motifs is 1. The number of hydrogen-bond donors (Lipinski definition) is 1. The van der Waals surface area contributed by atoms with Gasteiger partial charge in [-0.2, -0.15) is 12.7 Å². The molecule has 8 nitrogen and oxygen atoms in total. The van der Waals surface area contributed by atoms with Crippen LogP contribution in [0.1, 0.15) is 50.4 Å². The molecule has 2 aromatic carbocycles. The highest BCUT2D eigenvalue weighted by Crippen LogP contribution is 2.35. The van der Waals surface area contributed by atoms with Crippen molar-refractivity contribution in [2.75, 3.05) is 13.2 Å². The molecule has 1 amide bonds. The second-order valence-electron chi connectivity index (χ2n) is 11.5. The van der Waals surface area contributed by atoms with Crippen LogP contribution in [0, 0.1) is 11.6 Å². The van der Waals surface area contributed by atoms with Crippen LogP contribution in [0.2, 0.25) is 19.6 Å². The number of carbonyl (C=O) groups is 2. The quantitative estimate of drug-likeness (QED) is 0.464. The molecule has 39 heavy (non-hydrogen) atoms. The highest BCUT2D eigenvalue weighted by Gasteiger charge is 2.41. The first-order valence-corrected chi connectivity index (χ1v) is 17.7. The Balaban J connectivity index is 2.01. The summed E-state index contributed by atoms with van der Waals surface area (Å²) in [5, 5.41) is 0.0379. The van der Waals surface area contributed by atoms with E-state index in [1.807, 2.05) is 31.3 Å². The maximum absolute atomic E-state index is 14.9. The van der Waals surface area contributed by atoms with Crippen LogP contribution in [-0.2, 0) is 32.6 Å². The number of Topliss-reactive ketones (excluding diaryl/α,β-unsaturated/α-hetero) is 1. The standard InChI is InChI=1S/C27H36F2N2O6SSi/c1-8-36-19-9-10-20-18(16-19)11-12-31(38(34,35)30-26(33)37-27(2,3)4)24(20)23(32)15-17-13-21(28)25(22(29)14-17)39(5,6)7/h9-10,13-14,16,24H,8,11-12,15H2,1-7H3,(H,30,33)/t24-/m1/s1. The van der Waals surface area contributed by atoms with Crippen molar-refractivity contribution in [2.24, 2.45) is 0 Å². The van der Waals surface area contributed by atoms with E-state index in [0.29, 0.717) is 23.5 Å². The van der Waals surface area contributed by atoms with Gasteiger partial charge in [-0.1, -0.05) is 25.7 Å². The van der Waals surface area contributed by atoms with Gasteiger partial charge in [-0.15, -0.1) is 0 Å². The summed E-state index contributed by atoms with van der Waals surface area (Å²) in [6.07, 6.45) is -1.35. The molecule has 0 aliphatic carbocycles. The fourth-order valence-corrected chi connectivity index (χ4v) is 7.42. The summed E-state index contributed by atoms with van der Waals surface area (Å²) in [4.78, 5) is 26.0. The predicted octanol–water partition coefficient (Wildman–Crippen LogP) is 4.39. The molecule has 214 valence electrons. The van der Waals surface area contributed by atoms with Crippen molar-refractivity contribution < 1.29 is 36.3 Å². The Morgan fingerprint density at radius 2 is 1.72 bits per heavy atom. The summed E-state index contributed by atoms with van der Waals surface area (Å²) in [5.41, 5.74) is 0.251. The number of ether oxygens (including phenoxy) is 2. The van der Waals surface area contributed by atoms with Crippen molar-refractivity contribution in [1.29, 1.82) is 0 Å². The number of halogens is 2. The van der Waals surface area contributed by atoms with Gasteiger partial charge in [0.2, 0.25) is 0 Å². The molecule has 0 unspecified atom stereocenters. The van der Waals surface area contributed by atoms with Crippen molar-refractivity contribution in [1.82, 2.24) is 9.03 Å². The van der Waals surface area contributed by atoms with E-state index in [-0.39, 0.29) is 23.7 Å². The van der Waals surface area contributed by atoms with Crippen LogP contribution in [0.25, 0.3) is 0 Å². The number of hydrogen-bond acceptors (Lipinski definition) is 6. The molecule has 1 aliphatic rings. The van der Waals surface area contributed by atoms with Crippen LogP contribution in [-0.4, -0.2) is 51.4 Å². The predicted molar refractivity (Wildman–Crippen MR) is 147 cm³/mol. The van der Waals surface area contributed by atoms with Crippen molar-refractivity contribution in [3.05, 3.63) is 58.7 Å². The normalized spacial score (nSPS) is 16.4. The Kier molecular flexibility index (Phi) is 8.93. The minimum atomic E-state index is -4.53. The number of nitrogens with zero attached hydrogens (tertiary/aromatic N) is 1. The molecule has 0 bridgehead atoms. The van der Waals surface area contributed by atoms with Gasteiger partial charge in [0.15, 0.2) is 5.78 Å². The average Bonchev–Trinajstić information content (AvgIpc) is 2.75. The molecule has 3 rings (SSSR count). The van der Waals surface area contributed by atoms with Gasteiger partial charge in [0.05, 0.1) is 14.7 Å². The molecule has 0 saturated carbocycles. The Bertz CT molecular complexity index is 1350. The molecule has 0 aromatic heterocycles. The molecule has 0 saturated heterocycles. The molecule has 2 aromatic rings. The third-order valence-electron chi connectivity index (χ3n) is 6.06. The van der Waals surface area contributed by atoms with Crippen molar-refractivity contribution in [3.8, 4) is 5.75 Å². The maximum Gasteiger partial charge on any atom is 0.422 e. The van der Waals surface area contributed by atoms with Gasteiger partial charge in [0.1, 0.15) is 29.0 Å². The molecule has 1 N–H and O–H groups in total. The molecule has 1 heterocycles. The first-order valence-electron chi connectivity index (χ1n) is 12.7. The zero-order chi connectivity index (χ0) is 29.3. The first-order chi connectivity index (χ1) is 17.9. The Morgan fingerprint density at radius 1 is 1.10 bits per heavy atom. The van der Waals surface area contributed by atoms with Crippen LogP contribution in [0.4, 0.5) is 13.6 Å². The zero-order valence-electron chi connectivity index (χ0n) is 23.4. The topological polar surface area (TPSA) is 102 Å². The minimum Gasteiger partial charge on any atom is -0.494 e. The largest absolute Gasteiger partial charge is 0.494 e. The molecular weight excluding hydrogens is 546 g/mol. The smallest absolute Gasteiger partial charge is 0.422 e. The average molecular weight is 583 g/mol. The SMILES string of the molecule is CCOc1ccc2c(c1)CCN(S(=O)(=O)NC(=O)OC(C)(C)C)[C@H]2C(=O)Cc1cc(F)c([Si](C)(C)C)c(F)c1. The van der Waals surface area contributed by atoms with Crippen LogP contribution < -0.4 is 14.6 Å². The van der Waals surface area contributed by atoms with E-state index in [4.69, 9.17) is 9.47 Å². The molecule has 0 radical (unpaired) electrons. The summed E-state index contributed by atoms with van der Waals surface area (Å²) in [7, 11) is -6.87. The third kappa shape index (κ3) is 7.43. The lowest BCUT2D eigenvalue weighted by Gasteiger charge is -2.35. The number of carbonyl (C=O) groups excluding carboxylic acids is 2. The molecule has 12 heteroatoms. The number of ketones is 1. The van der Waals surface area contributed by atoms with E-state index in [2.05, 4.69) is 0 Å². The van der Waals surface area contributed by atoms with Gasteiger partial charge in [-0.3, -0.25) is 4.79 Å². The summed E-state index contributed by atoms with van der Waals surface area (Å²) >= 11 is 0. The summed E-state index contributed by atoms with van der Waals surface area (Å²) in [6, 6.07) is 5.90. The molecule has 0 spiro atoms. The Hall–Kier alpha value is -2.83. The number of nitrogens with one attached hydrogen (secondary N) is 1. The Labute approximate surface area is 229 Å². The second kappa shape index (κ2) is 11.3. The summed E-state index contributed by atoms with van der Waals surface area (Å²) < 4.78 is 69.9. The van der Waals surface area contributed by atoms with E-state index in [0.717, 1.165) is 16.4 Å². The fraction of sp³-hybridized carbons (Fsp3) is 0.481. The first kappa shape index (κ1) is 30.7. The van der Waals surface area contributed by atoms with Crippen LogP contribution in [0.15, 0.2) is 30.3 Å². The van der Waals surface area contributed by atoms with Crippen molar-refractivity contribution >= 4 is 35.3 Å². The van der Waals surface area contributed by atoms with Crippen molar-refractivity contribution in [3.63, 3.8) is 0 Å². The zero-order valence-corrected chi connectivity index (χ0v) is 25.2. The number of amides is 1. The lowest BCUT2D eigenvalue weighted by Crippen LogP contribution is -2.51. The van der Waals surface area contributed by atoms with Gasteiger partial charge in [0, 0.05) is 18.2 Å². The van der Waals surface area contributed by atoms with E-state index in [1.54, 1.807) is 39.0 Å². The van der Waals surface area contributed by atoms with Crippen LogP contribution in [0.3, 0.4) is 0 Å². The van der Waals surface area contributed by atoms with Gasteiger partial charge < -0.3 is 9.47 Å². The van der Waals surface area contributed by atoms with Gasteiger partial charge in [-0.25, -0.2) is 18.3 Å². The maximum atomic E-state index is 14.9. The lowest BCUT2D eigenvalue weighted by atomic mass is 9.89. The minimum absolute atomic E-state index is 0.0379. The highest BCUT2D eigenvalue weighted by molar-refractivity contribution is 7.87. The van der Waals surface area contributed by atoms with E-state index in [9.17, 15) is 26.8 Å². The summed E-state index contributed by atoms with van der Waals surface area (Å²) in [6.45, 7) is 12.3. The third-order valence-corrected chi connectivity index (χ3v) is 9.48. The monoisotopic (exact) mass is 582 g/mol. The fourth-order valence-electron chi connectivity index (χ4n) is 4.63. The number of rotatable bonds is 8. The second-order valence-corrected chi connectivity index (χ2v) is 18.1. The van der Waals surface area contributed by atoms with Crippen LogP contribution in [0.5, 0.6) is 5.75 Å². The molecule has 1 aliphatic heterocycles. The van der Waals surface area contributed by atoms with E-state index >= 15 is 0 Å². The van der Waals surface area contributed by atoms with E-state index < -0.39 is 59.9 Å². The molecule has 0 fully saturated rings. The summed E-state index contributed by atoms with van der Waals surface area (Å²) in [5.74, 6) is -1.48. The molecule has 1 atom stereocenters. The van der Waals surface area contributed by atoms with Gasteiger partial charge in [0.25, 0.3) is 0 Å². The van der Waals surface area contributed by atoms with Gasteiger partial charge >= 0.3 is 16.3 Å². The Morgan fingerprint density at radius 3 is 2.26 bits per heavy atom. The molecular formula is C27H36F2N2O6SSi. The van der Waals surface area contributed by atoms with E-state index in [1.165, 1.54) is 0 Å². The number of benzene rings is 2. The van der Waals surface area contributed by atoms with Gasteiger partial charge in [-0.05, 0) is 75.1 Å².